The topological polar surface area (TPSA) is 55.1 Å². The molecule has 0 spiro atoms. The first kappa shape index (κ1) is 14.2. The molecule has 98 valence electrons. The summed E-state index contributed by atoms with van der Waals surface area (Å²) in [5.74, 6) is 0.173. The van der Waals surface area contributed by atoms with Crippen molar-refractivity contribution in [3.63, 3.8) is 0 Å². The Morgan fingerprint density at radius 1 is 1.29 bits per heavy atom. The monoisotopic (exact) mass is 238 g/mol. The number of nitrogens with two attached hydrogens (primary N) is 1. The number of allylic oxidation sites excluding steroid dienone is 1. The van der Waals surface area contributed by atoms with Gasteiger partial charge in [0.2, 0.25) is 5.91 Å². The molecule has 0 aromatic rings. The fourth-order valence-electron chi connectivity index (χ4n) is 2.55. The number of carbonyl (C=O) groups excluding carboxylic acids is 1. The molecule has 3 nitrogen and oxygen atoms in total. The van der Waals surface area contributed by atoms with E-state index in [1.54, 1.807) is 0 Å². The van der Waals surface area contributed by atoms with Crippen molar-refractivity contribution in [3.8, 4) is 0 Å². The zero-order valence-electron chi connectivity index (χ0n) is 11.0. The standard InChI is InChI=1S/C14H26N2O/c1-2-3-8-11-16-13(17)14(12-15)9-6-4-5-7-10-14/h2-3H,4-12,15H2,1H3,(H,16,17)/b3-2+. The van der Waals surface area contributed by atoms with Crippen LogP contribution in [0, 0.1) is 5.41 Å². The van der Waals surface area contributed by atoms with Crippen LogP contribution in [0.4, 0.5) is 0 Å². The number of nitrogens with one attached hydrogen (secondary N) is 1. The van der Waals surface area contributed by atoms with Gasteiger partial charge in [-0.1, -0.05) is 37.8 Å². The molecule has 0 aromatic carbocycles. The van der Waals surface area contributed by atoms with E-state index >= 15 is 0 Å². The van der Waals surface area contributed by atoms with Gasteiger partial charge in [0.15, 0.2) is 0 Å². The lowest BCUT2D eigenvalue weighted by atomic mass is 9.79. The van der Waals surface area contributed by atoms with Crippen LogP contribution in [-0.2, 0) is 4.79 Å². The lowest BCUT2D eigenvalue weighted by Gasteiger charge is -2.29. The molecule has 0 atom stereocenters. The first-order valence-corrected chi connectivity index (χ1v) is 6.85. The van der Waals surface area contributed by atoms with Crippen LogP contribution in [0.3, 0.4) is 0 Å². The summed E-state index contributed by atoms with van der Waals surface area (Å²) in [6, 6.07) is 0. The molecule has 1 aliphatic rings. The normalized spacial score (nSPS) is 20.1. The molecule has 17 heavy (non-hydrogen) atoms. The minimum Gasteiger partial charge on any atom is -0.355 e. The molecular formula is C14H26N2O. The zero-order chi connectivity index (χ0) is 12.6. The average Bonchev–Trinajstić information content (AvgIpc) is 2.60. The minimum absolute atomic E-state index is 0.173. The summed E-state index contributed by atoms with van der Waals surface area (Å²) in [5, 5.41) is 3.04. The molecule has 1 aliphatic carbocycles. The fraction of sp³-hybridized carbons (Fsp3) is 0.786. The Bertz CT molecular complexity index is 253. The SMILES string of the molecule is C/C=C/CCNC(=O)C1(CN)CCCCCC1. The first-order chi connectivity index (χ1) is 8.25. The van der Waals surface area contributed by atoms with Crippen LogP contribution in [0.15, 0.2) is 12.2 Å². The molecule has 0 bridgehead atoms. The summed E-state index contributed by atoms with van der Waals surface area (Å²) in [4.78, 5) is 12.3. The zero-order valence-corrected chi connectivity index (χ0v) is 11.0. The van der Waals surface area contributed by atoms with Crippen molar-refractivity contribution in [2.75, 3.05) is 13.1 Å². The van der Waals surface area contributed by atoms with E-state index in [1.165, 1.54) is 12.8 Å². The average molecular weight is 238 g/mol. The second-order valence-electron chi connectivity index (χ2n) is 5.01. The van der Waals surface area contributed by atoms with Crippen molar-refractivity contribution in [1.82, 2.24) is 5.32 Å². The van der Waals surface area contributed by atoms with Gasteiger partial charge in [0, 0.05) is 13.1 Å². The third-order valence-electron chi connectivity index (χ3n) is 3.77. The number of amides is 1. The Balaban J connectivity index is 2.49. The Hall–Kier alpha value is -0.830. The van der Waals surface area contributed by atoms with Gasteiger partial charge in [-0.3, -0.25) is 4.79 Å². The quantitative estimate of drug-likeness (QED) is 0.439. The van der Waals surface area contributed by atoms with Gasteiger partial charge in [-0.2, -0.15) is 0 Å². The predicted octanol–water partition coefficient (Wildman–Crippen LogP) is 2.37. The molecule has 0 heterocycles. The maximum atomic E-state index is 12.3. The van der Waals surface area contributed by atoms with Crippen molar-refractivity contribution >= 4 is 5.91 Å². The lowest BCUT2D eigenvalue weighted by Crippen LogP contribution is -2.46. The number of hydrogen-bond acceptors (Lipinski definition) is 2. The predicted molar refractivity (Wildman–Crippen MR) is 71.6 cm³/mol. The highest BCUT2D eigenvalue weighted by Gasteiger charge is 2.36. The molecular weight excluding hydrogens is 212 g/mol. The maximum Gasteiger partial charge on any atom is 0.227 e. The second kappa shape index (κ2) is 7.49. The third kappa shape index (κ3) is 4.15. The second-order valence-corrected chi connectivity index (χ2v) is 5.01. The Kier molecular flexibility index (Phi) is 6.27. The van der Waals surface area contributed by atoms with Crippen LogP contribution in [0.5, 0.6) is 0 Å². The van der Waals surface area contributed by atoms with Crippen LogP contribution in [0.25, 0.3) is 0 Å². The van der Waals surface area contributed by atoms with Gasteiger partial charge in [0.25, 0.3) is 0 Å². The molecule has 0 unspecified atom stereocenters. The van der Waals surface area contributed by atoms with Crippen LogP contribution < -0.4 is 11.1 Å². The van der Waals surface area contributed by atoms with E-state index in [0.29, 0.717) is 6.54 Å². The molecule has 1 rings (SSSR count). The Labute approximate surface area is 105 Å². The van der Waals surface area contributed by atoms with E-state index in [9.17, 15) is 4.79 Å². The maximum absolute atomic E-state index is 12.3. The van der Waals surface area contributed by atoms with Crippen LogP contribution in [0.2, 0.25) is 0 Å². The molecule has 3 N–H and O–H groups in total. The fourth-order valence-corrected chi connectivity index (χ4v) is 2.55. The highest BCUT2D eigenvalue weighted by atomic mass is 16.2. The van der Waals surface area contributed by atoms with Crippen LogP contribution >= 0.6 is 0 Å². The van der Waals surface area contributed by atoms with Gasteiger partial charge in [0.05, 0.1) is 5.41 Å². The molecule has 1 saturated carbocycles. The summed E-state index contributed by atoms with van der Waals surface area (Å²) < 4.78 is 0. The van der Waals surface area contributed by atoms with Gasteiger partial charge < -0.3 is 11.1 Å². The molecule has 1 amide bonds. The van der Waals surface area contributed by atoms with Crippen molar-refractivity contribution in [2.45, 2.75) is 51.9 Å². The van der Waals surface area contributed by atoms with E-state index in [-0.39, 0.29) is 11.3 Å². The molecule has 0 saturated heterocycles. The van der Waals surface area contributed by atoms with Gasteiger partial charge in [-0.25, -0.2) is 0 Å². The molecule has 0 radical (unpaired) electrons. The molecule has 1 fully saturated rings. The Morgan fingerprint density at radius 3 is 2.47 bits per heavy atom. The summed E-state index contributed by atoms with van der Waals surface area (Å²) >= 11 is 0. The Morgan fingerprint density at radius 2 is 1.94 bits per heavy atom. The largest absolute Gasteiger partial charge is 0.355 e. The van der Waals surface area contributed by atoms with Gasteiger partial charge in [0.1, 0.15) is 0 Å². The number of rotatable bonds is 5. The molecule has 0 aliphatic heterocycles. The lowest BCUT2D eigenvalue weighted by molar-refractivity contribution is -0.131. The summed E-state index contributed by atoms with van der Waals surface area (Å²) in [6.07, 6.45) is 11.7. The number of carbonyl (C=O) groups is 1. The third-order valence-corrected chi connectivity index (χ3v) is 3.77. The summed E-state index contributed by atoms with van der Waals surface area (Å²) in [5.41, 5.74) is 5.58. The molecule has 0 aromatic heterocycles. The van der Waals surface area contributed by atoms with Gasteiger partial charge in [-0.15, -0.1) is 0 Å². The van der Waals surface area contributed by atoms with E-state index < -0.39 is 0 Å². The first-order valence-electron chi connectivity index (χ1n) is 6.85. The van der Waals surface area contributed by atoms with Crippen molar-refractivity contribution in [1.29, 1.82) is 0 Å². The summed E-state index contributed by atoms with van der Waals surface area (Å²) in [7, 11) is 0. The molecule has 3 heteroatoms. The highest BCUT2D eigenvalue weighted by Crippen LogP contribution is 2.34. The number of hydrogen-bond donors (Lipinski definition) is 2. The van der Waals surface area contributed by atoms with Crippen molar-refractivity contribution in [3.05, 3.63) is 12.2 Å². The smallest absolute Gasteiger partial charge is 0.227 e. The van der Waals surface area contributed by atoms with E-state index in [2.05, 4.69) is 11.4 Å². The van der Waals surface area contributed by atoms with E-state index in [0.717, 1.165) is 38.6 Å². The van der Waals surface area contributed by atoms with Gasteiger partial charge in [-0.05, 0) is 26.2 Å². The summed E-state index contributed by atoms with van der Waals surface area (Å²) in [6.45, 7) is 3.21. The van der Waals surface area contributed by atoms with Gasteiger partial charge >= 0.3 is 0 Å². The highest BCUT2D eigenvalue weighted by molar-refractivity contribution is 5.82. The van der Waals surface area contributed by atoms with E-state index in [4.69, 9.17) is 5.73 Å². The van der Waals surface area contributed by atoms with Crippen LogP contribution in [0.1, 0.15) is 51.9 Å². The van der Waals surface area contributed by atoms with Crippen molar-refractivity contribution in [2.24, 2.45) is 11.1 Å². The minimum atomic E-state index is -0.285. The van der Waals surface area contributed by atoms with E-state index in [1.807, 2.05) is 13.0 Å². The van der Waals surface area contributed by atoms with Crippen molar-refractivity contribution < 1.29 is 4.79 Å². The van der Waals surface area contributed by atoms with Crippen LogP contribution in [-0.4, -0.2) is 19.0 Å².